The molecule has 1 amide bonds. The summed E-state index contributed by atoms with van der Waals surface area (Å²) in [5.41, 5.74) is 5.09. The normalized spacial score (nSPS) is 20.1. The average Bonchev–Trinajstić information content (AvgIpc) is 2.35. The molecule has 0 bridgehead atoms. The predicted octanol–water partition coefficient (Wildman–Crippen LogP) is 3.23. The number of amides is 1. The summed E-state index contributed by atoms with van der Waals surface area (Å²) in [5.74, 6) is 0.747. The van der Waals surface area contributed by atoms with Crippen LogP contribution in [0.1, 0.15) is 73.1 Å². The highest BCUT2D eigenvalue weighted by atomic mass is 16.2. The fraction of sp³-hybridized carbons (Fsp3) is 0.938. The Hall–Kier alpha value is -0.570. The van der Waals surface area contributed by atoms with Crippen molar-refractivity contribution in [1.82, 2.24) is 5.32 Å². The van der Waals surface area contributed by atoms with Gasteiger partial charge in [-0.1, -0.05) is 26.2 Å². The van der Waals surface area contributed by atoms with Gasteiger partial charge in [-0.2, -0.15) is 0 Å². The largest absolute Gasteiger partial charge is 0.353 e. The molecule has 0 spiro atoms. The summed E-state index contributed by atoms with van der Waals surface area (Å²) in [7, 11) is 0. The number of rotatable bonds is 5. The highest BCUT2D eigenvalue weighted by Crippen LogP contribution is 2.31. The quantitative estimate of drug-likeness (QED) is 0.804. The third-order valence-electron chi connectivity index (χ3n) is 5.15. The van der Waals surface area contributed by atoms with E-state index in [0.29, 0.717) is 12.0 Å². The van der Waals surface area contributed by atoms with Crippen molar-refractivity contribution < 1.29 is 4.79 Å². The van der Waals surface area contributed by atoms with Gasteiger partial charge < -0.3 is 11.1 Å². The molecule has 0 saturated heterocycles. The van der Waals surface area contributed by atoms with E-state index < -0.39 is 11.0 Å². The van der Waals surface area contributed by atoms with Crippen molar-refractivity contribution in [3.8, 4) is 0 Å². The van der Waals surface area contributed by atoms with E-state index in [9.17, 15) is 4.79 Å². The molecule has 3 N–H and O–H groups in total. The van der Waals surface area contributed by atoms with Gasteiger partial charge in [-0.05, 0) is 52.9 Å². The van der Waals surface area contributed by atoms with Crippen LogP contribution in [0.15, 0.2) is 0 Å². The lowest BCUT2D eigenvalue weighted by atomic mass is 9.74. The Morgan fingerprint density at radius 1 is 1.21 bits per heavy atom. The Kier molecular flexibility index (Phi) is 5.43. The number of nitrogens with one attached hydrogen (secondary N) is 1. The Labute approximate surface area is 118 Å². The fourth-order valence-electron chi connectivity index (χ4n) is 2.73. The second kappa shape index (κ2) is 6.25. The van der Waals surface area contributed by atoms with Gasteiger partial charge in [-0.15, -0.1) is 0 Å². The molecule has 0 radical (unpaired) electrons. The summed E-state index contributed by atoms with van der Waals surface area (Å²) in [4.78, 5) is 12.5. The Morgan fingerprint density at radius 3 is 2.16 bits per heavy atom. The van der Waals surface area contributed by atoms with Gasteiger partial charge in [-0.25, -0.2) is 0 Å². The van der Waals surface area contributed by atoms with Gasteiger partial charge in [0, 0.05) is 11.6 Å². The van der Waals surface area contributed by atoms with Crippen LogP contribution in [0.2, 0.25) is 0 Å². The molecule has 1 aliphatic rings. The van der Waals surface area contributed by atoms with Crippen LogP contribution in [-0.2, 0) is 4.79 Å². The van der Waals surface area contributed by atoms with Gasteiger partial charge in [0.15, 0.2) is 0 Å². The minimum atomic E-state index is -0.547. The second-order valence-corrected chi connectivity index (χ2v) is 7.23. The molecule has 1 unspecified atom stereocenters. The smallest absolute Gasteiger partial charge is 0.227 e. The fourth-order valence-corrected chi connectivity index (χ4v) is 2.73. The van der Waals surface area contributed by atoms with Crippen LogP contribution < -0.4 is 11.1 Å². The molecule has 0 aromatic carbocycles. The average molecular weight is 268 g/mol. The van der Waals surface area contributed by atoms with Crippen molar-refractivity contribution in [2.75, 3.05) is 0 Å². The molecule has 0 aromatic heterocycles. The minimum Gasteiger partial charge on any atom is -0.353 e. The number of nitrogens with two attached hydrogens (primary N) is 1. The molecular weight excluding hydrogens is 236 g/mol. The predicted molar refractivity (Wildman–Crippen MR) is 80.8 cm³/mol. The summed E-state index contributed by atoms with van der Waals surface area (Å²) >= 11 is 0. The summed E-state index contributed by atoms with van der Waals surface area (Å²) in [6.45, 7) is 9.90. The van der Waals surface area contributed by atoms with Crippen LogP contribution in [0.3, 0.4) is 0 Å². The van der Waals surface area contributed by atoms with E-state index in [-0.39, 0.29) is 5.91 Å². The molecule has 1 aliphatic carbocycles. The van der Waals surface area contributed by atoms with E-state index in [0.717, 1.165) is 6.42 Å². The Bertz CT molecular complexity index is 298. The standard InChI is InChI=1S/C16H32N2O/c1-6-13(12-10-8-7-9-11-12)18-14(19)15(2,3)16(4,5)17/h12-13H,6-11,17H2,1-5H3,(H,18,19). The third kappa shape index (κ3) is 3.95. The molecule has 0 aliphatic heterocycles. The molecule has 0 aromatic rings. The molecule has 0 heterocycles. The van der Waals surface area contributed by atoms with Gasteiger partial charge in [0.2, 0.25) is 5.91 Å². The van der Waals surface area contributed by atoms with Crippen LogP contribution >= 0.6 is 0 Å². The molecule has 1 saturated carbocycles. The SMILES string of the molecule is CCC(NC(=O)C(C)(C)C(C)(C)N)C1CCCCC1. The highest BCUT2D eigenvalue weighted by molar-refractivity contribution is 5.83. The second-order valence-electron chi connectivity index (χ2n) is 7.23. The van der Waals surface area contributed by atoms with Crippen LogP contribution in [0, 0.1) is 11.3 Å². The zero-order valence-corrected chi connectivity index (χ0v) is 13.4. The monoisotopic (exact) mass is 268 g/mol. The molecule has 1 fully saturated rings. The Morgan fingerprint density at radius 2 is 1.74 bits per heavy atom. The first-order valence-electron chi connectivity index (χ1n) is 7.80. The van der Waals surface area contributed by atoms with E-state index in [1.165, 1.54) is 32.1 Å². The van der Waals surface area contributed by atoms with Gasteiger partial charge in [-0.3, -0.25) is 4.79 Å². The lowest BCUT2D eigenvalue weighted by Crippen LogP contribution is -2.57. The topological polar surface area (TPSA) is 55.1 Å². The van der Waals surface area contributed by atoms with Crippen LogP contribution in [-0.4, -0.2) is 17.5 Å². The zero-order chi connectivity index (χ0) is 14.7. The molecule has 19 heavy (non-hydrogen) atoms. The number of carbonyl (C=O) groups is 1. The molecule has 112 valence electrons. The van der Waals surface area contributed by atoms with Crippen molar-refractivity contribution in [1.29, 1.82) is 0 Å². The molecule has 1 atom stereocenters. The maximum Gasteiger partial charge on any atom is 0.227 e. The number of hydrogen-bond donors (Lipinski definition) is 2. The summed E-state index contributed by atoms with van der Waals surface area (Å²) < 4.78 is 0. The Balaban J connectivity index is 2.67. The highest BCUT2D eigenvalue weighted by Gasteiger charge is 2.41. The van der Waals surface area contributed by atoms with Gasteiger partial charge >= 0.3 is 0 Å². The van der Waals surface area contributed by atoms with Gasteiger partial charge in [0.05, 0.1) is 5.41 Å². The van der Waals surface area contributed by atoms with Gasteiger partial charge in [0.25, 0.3) is 0 Å². The molecular formula is C16H32N2O. The van der Waals surface area contributed by atoms with Crippen molar-refractivity contribution in [2.45, 2.75) is 84.7 Å². The lowest BCUT2D eigenvalue weighted by Gasteiger charge is -2.39. The summed E-state index contributed by atoms with van der Waals surface area (Å²) in [5, 5.41) is 3.26. The van der Waals surface area contributed by atoms with Crippen LogP contribution in [0.4, 0.5) is 0 Å². The lowest BCUT2D eigenvalue weighted by molar-refractivity contribution is -0.133. The maximum atomic E-state index is 12.5. The van der Waals surface area contributed by atoms with Crippen molar-refractivity contribution in [3.05, 3.63) is 0 Å². The van der Waals surface area contributed by atoms with Crippen LogP contribution in [0.5, 0.6) is 0 Å². The van der Waals surface area contributed by atoms with Crippen LogP contribution in [0.25, 0.3) is 0 Å². The van der Waals surface area contributed by atoms with E-state index >= 15 is 0 Å². The number of carbonyl (C=O) groups excluding carboxylic acids is 1. The molecule has 1 rings (SSSR count). The number of hydrogen-bond acceptors (Lipinski definition) is 2. The summed E-state index contributed by atoms with van der Waals surface area (Å²) in [6.07, 6.45) is 7.49. The molecule has 3 heteroatoms. The van der Waals surface area contributed by atoms with Crippen molar-refractivity contribution in [2.24, 2.45) is 17.1 Å². The van der Waals surface area contributed by atoms with E-state index in [4.69, 9.17) is 5.73 Å². The van der Waals surface area contributed by atoms with E-state index in [2.05, 4.69) is 12.2 Å². The first-order valence-corrected chi connectivity index (χ1v) is 7.80. The van der Waals surface area contributed by atoms with E-state index in [1.807, 2.05) is 27.7 Å². The first kappa shape index (κ1) is 16.5. The van der Waals surface area contributed by atoms with E-state index in [1.54, 1.807) is 0 Å². The van der Waals surface area contributed by atoms with Gasteiger partial charge in [0.1, 0.15) is 0 Å². The third-order valence-corrected chi connectivity index (χ3v) is 5.15. The van der Waals surface area contributed by atoms with Crippen molar-refractivity contribution >= 4 is 5.91 Å². The minimum absolute atomic E-state index is 0.0948. The molecule has 3 nitrogen and oxygen atoms in total. The first-order chi connectivity index (χ1) is 8.70. The summed E-state index contributed by atoms with van der Waals surface area (Å²) in [6, 6.07) is 0.314. The van der Waals surface area contributed by atoms with Crippen molar-refractivity contribution in [3.63, 3.8) is 0 Å². The maximum absolute atomic E-state index is 12.5. The zero-order valence-electron chi connectivity index (χ0n) is 13.4.